The number of nitrogens with one attached hydrogen (secondary N) is 1. The second-order valence-corrected chi connectivity index (χ2v) is 4.43. The summed E-state index contributed by atoms with van der Waals surface area (Å²) in [5, 5.41) is 13.0. The van der Waals surface area contributed by atoms with E-state index in [0.717, 1.165) is 0 Å². The molecule has 0 aromatic heterocycles. The van der Waals surface area contributed by atoms with Crippen LogP contribution in [-0.2, 0) is 14.3 Å². The van der Waals surface area contributed by atoms with Crippen LogP contribution in [0.5, 0.6) is 0 Å². The van der Waals surface area contributed by atoms with Gasteiger partial charge in [0.25, 0.3) is 5.91 Å². The molecule has 0 aliphatic carbocycles. The minimum atomic E-state index is -0.701. The SMILES string of the molecule is CC(=O)OCC(=O)NCC[C@@H](O)c1cccc(Cl)c1. The van der Waals surface area contributed by atoms with Crippen molar-refractivity contribution in [1.82, 2.24) is 5.32 Å². The molecule has 0 unspecified atom stereocenters. The van der Waals surface area contributed by atoms with Gasteiger partial charge in [0.15, 0.2) is 6.61 Å². The van der Waals surface area contributed by atoms with Crippen molar-refractivity contribution in [1.29, 1.82) is 0 Å². The Labute approximate surface area is 116 Å². The summed E-state index contributed by atoms with van der Waals surface area (Å²) in [6.45, 7) is 1.21. The van der Waals surface area contributed by atoms with Gasteiger partial charge in [0, 0.05) is 18.5 Å². The van der Waals surface area contributed by atoms with E-state index in [9.17, 15) is 14.7 Å². The lowest BCUT2D eigenvalue weighted by atomic mass is 10.1. The molecule has 0 spiro atoms. The highest BCUT2D eigenvalue weighted by Gasteiger charge is 2.09. The number of aliphatic hydroxyl groups is 1. The van der Waals surface area contributed by atoms with Gasteiger partial charge in [-0.2, -0.15) is 0 Å². The lowest BCUT2D eigenvalue weighted by Gasteiger charge is -2.12. The van der Waals surface area contributed by atoms with Gasteiger partial charge in [-0.25, -0.2) is 0 Å². The van der Waals surface area contributed by atoms with Crippen LogP contribution in [0, 0.1) is 0 Å². The molecule has 19 heavy (non-hydrogen) atoms. The molecule has 2 N–H and O–H groups in total. The van der Waals surface area contributed by atoms with Crippen LogP contribution >= 0.6 is 11.6 Å². The first-order chi connectivity index (χ1) is 8.99. The Kier molecular flexibility index (Phi) is 6.32. The van der Waals surface area contributed by atoms with Crippen LogP contribution in [0.1, 0.15) is 25.0 Å². The first-order valence-electron chi connectivity index (χ1n) is 5.82. The van der Waals surface area contributed by atoms with E-state index in [1.807, 2.05) is 0 Å². The molecule has 0 saturated heterocycles. The number of hydrogen-bond donors (Lipinski definition) is 2. The molecule has 1 amide bonds. The van der Waals surface area contributed by atoms with Gasteiger partial charge in [-0.3, -0.25) is 9.59 Å². The number of rotatable bonds is 6. The van der Waals surface area contributed by atoms with Crippen molar-refractivity contribution >= 4 is 23.5 Å². The van der Waals surface area contributed by atoms with Gasteiger partial charge in [0.2, 0.25) is 0 Å². The normalized spacial score (nSPS) is 11.7. The molecule has 0 radical (unpaired) electrons. The number of aliphatic hydroxyl groups excluding tert-OH is 1. The van der Waals surface area contributed by atoms with Gasteiger partial charge in [0.1, 0.15) is 0 Å². The second kappa shape index (κ2) is 7.76. The summed E-state index contributed by atoms with van der Waals surface area (Å²) in [7, 11) is 0. The number of carbonyl (C=O) groups is 2. The lowest BCUT2D eigenvalue weighted by molar-refractivity contribution is -0.146. The van der Waals surface area contributed by atoms with E-state index in [-0.39, 0.29) is 13.2 Å². The number of hydrogen-bond acceptors (Lipinski definition) is 4. The third-order valence-corrected chi connectivity index (χ3v) is 2.62. The van der Waals surface area contributed by atoms with E-state index in [0.29, 0.717) is 17.0 Å². The highest BCUT2D eigenvalue weighted by atomic mass is 35.5. The third kappa shape index (κ3) is 6.22. The zero-order valence-corrected chi connectivity index (χ0v) is 11.3. The average molecular weight is 286 g/mol. The van der Waals surface area contributed by atoms with Crippen LogP contribution in [-0.4, -0.2) is 30.1 Å². The molecule has 0 heterocycles. The van der Waals surface area contributed by atoms with Crippen molar-refractivity contribution in [2.24, 2.45) is 0 Å². The van der Waals surface area contributed by atoms with Crippen molar-refractivity contribution < 1.29 is 19.4 Å². The molecule has 0 aliphatic rings. The summed E-state index contributed by atoms with van der Waals surface area (Å²) in [4.78, 5) is 21.7. The number of amides is 1. The molecule has 1 rings (SSSR count). The number of ether oxygens (including phenoxy) is 1. The largest absolute Gasteiger partial charge is 0.456 e. The molecule has 0 aliphatic heterocycles. The van der Waals surface area contributed by atoms with Crippen LogP contribution < -0.4 is 5.32 Å². The monoisotopic (exact) mass is 285 g/mol. The van der Waals surface area contributed by atoms with E-state index in [4.69, 9.17) is 11.6 Å². The smallest absolute Gasteiger partial charge is 0.303 e. The quantitative estimate of drug-likeness (QED) is 0.776. The summed E-state index contributed by atoms with van der Waals surface area (Å²) in [6.07, 6.45) is -0.348. The highest BCUT2D eigenvalue weighted by molar-refractivity contribution is 6.30. The van der Waals surface area contributed by atoms with Crippen molar-refractivity contribution in [2.75, 3.05) is 13.2 Å². The first kappa shape index (κ1) is 15.5. The minimum absolute atomic E-state index is 0.285. The average Bonchev–Trinajstić information content (AvgIpc) is 2.36. The van der Waals surface area contributed by atoms with Crippen LogP contribution in [0.15, 0.2) is 24.3 Å². The maximum absolute atomic E-state index is 11.2. The lowest BCUT2D eigenvalue weighted by Crippen LogP contribution is -2.30. The van der Waals surface area contributed by atoms with Gasteiger partial charge in [0.05, 0.1) is 6.10 Å². The summed E-state index contributed by atoms with van der Waals surface area (Å²) in [6, 6.07) is 6.91. The Hall–Kier alpha value is -1.59. The first-order valence-corrected chi connectivity index (χ1v) is 6.20. The molecule has 1 aromatic rings. The zero-order valence-electron chi connectivity index (χ0n) is 10.6. The number of halogens is 1. The summed E-state index contributed by atoms with van der Waals surface area (Å²) >= 11 is 5.81. The molecular weight excluding hydrogens is 270 g/mol. The summed E-state index contributed by atoms with van der Waals surface area (Å²) in [5.41, 5.74) is 0.696. The Bertz CT molecular complexity index is 450. The van der Waals surface area contributed by atoms with Crippen molar-refractivity contribution in [3.63, 3.8) is 0 Å². The topological polar surface area (TPSA) is 75.6 Å². The van der Waals surface area contributed by atoms with E-state index >= 15 is 0 Å². The molecule has 0 saturated carbocycles. The number of benzene rings is 1. The Morgan fingerprint density at radius 3 is 2.84 bits per heavy atom. The molecule has 1 atom stereocenters. The van der Waals surface area contributed by atoms with Gasteiger partial charge in [-0.1, -0.05) is 23.7 Å². The van der Waals surface area contributed by atoms with Gasteiger partial charge in [-0.15, -0.1) is 0 Å². The molecule has 1 aromatic carbocycles. The fraction of sp³-hybridized carbons (Fsp3) is 0.385. The molecule has 6 heteroatoms. The Balaban J connectivity index is 2.29. The molecular formula is C13H16ClNO4. The molecule has 104 valence electrons. The van der Waals surface area contributed by atoms with Gasteiger partial charge < -0.3 is 15.2 Å². The van der Waals surface area contributed by atoms with Crippen LogP contribution in [0.2, 0.25) is 5.02 Å². The second-order valence-electron chi connectivity index (χ2n) is 3.99. The fourth-order valence-corrected chi connectivity index (χ4v) is 1.65. The fourth-order valence-electron chi connectivity index (χ4n) is 1.45. The van der Waals surface area contributed by atoms with E-state index in [1.54, 1.807) is 24.3 Å². The predicted octanol–water partition coefficient (Wildman–Crippen LogP) is 1.44. The van der Waals surface area contributed by atoms with Gasteiger partial charge in [-0.05, 0) is 24.1 Å². The van der Waals surface area contributed by atoms with Crippen LogP contribution in [0.3, 0.4) is 0 Å². The van der Waals surface area contributed by atoms with Crippen molar-refractivity contribution in [3.05, 3.63) is 34.9 Å². The minimum Gasteiger partial charge on any atom is -0.456 e. The third-order valence-electron chi connectivity index (χ3n) is 2.38. The maximum Gasteiger partial charge on any atom is 0.303 e. The van der Waals surface area contributed by atoms with Crippen LogP contribution in [0.25, 0.3) is 0 Å². The van der Waals surface area contributed by atoms with E-state index in [1.165, 1.54) is 6.92 Å². The number of carbonyl (C=O) groups excluding carboxylic acids is 2. The molecule has 0 bridgehead atoms. The number of esters is 1. The Morgan fingerprint density at radius 1 is 1.47 bits per heavy atom. The molecule has 0 fully saturated rings. The zero-order chi connectivity index (χ0) is 14.3. The maximum atomic E-state index is 11.2. The summed E-state index contributed by atoms with van der Waals surface area (Å²) in [5.74, 6) is -0.900. The summed E-state index contributed by atoms with van der Waals surface area (Å²) < 4.78 is 4.53. The van der Waals surface area contributed by atoms with Crippen molar-refractivity contribution in [3.8, 4) is 0 Å². The standard InChI is InChI=1S/C13H16ClNO4/c1-9(16)19-8-13(18)15-6-5-12(17)10-3-2-4-11(14)7-10/h2-4,7,12,17H,5-6,8H2,1H3,(H,15,18)/t12-/m1/s1. The van der Waals surface area contributed by atoms with E-state index < -0.39 is 18.0 Å². The van der Waals surface area contributed by atoms with Gasteiger partial charge >= 0.3 is 5.97 Å². The predicted molar refractivity (Wildman–Crippen MR) is 70.7 cm³/mol. The highest BCUT2D eigenvalue weighted by Crippen LogP contribution is 2.19. The van der Waals surface area contributed by atoms with E-state index in [2.05, 4.69) is 10.1 Å². The van der Waals surface area contributed by atoms with Crippen LogP contribution in [0.4, 0.5) is 0 Å². The molecule has 5 nitrogen and oxygen atoms in total. The van der Waals surface area contributed by atoms with Crippen molar-refractivity contribution in [2.45, 2.75) is 19.4 Å². The Morgan fingerprint density at radius 2 is 2.21 bits per heavy atom.